The quantitative estimate of drug-likeness (QED) is 0.446. The smallest absolute Gasteiger partial charge is 0.344 e. The van der Waals surface area contributed by atoms with Gasteiger partial charge >= 0.3 is 5.97 Å². The van der Waals surface area contributed by atoms with Crippen LogP contribution in [0.3, 0.4) is 0 Å². The molecule has 0 fully saturated rings. The van der Waals surface area contributed by atoms with Crippen LogP contribution in [0, 0.1) is 15.9 Å². The van der Waals surface area contributed by atoms with Crippen molar-refractivity contribution >= 4 is 11.7 Å². The highest BCUT2D eigenvalue weighted by molar-refractivity contribution is 5.71. The lowest BCUT2D eigenvalue weighted by Crippen LogP contribution is -2.15. The first kappa shape index (κ1) is 12.9. The third kappa shape index (κ3) is 3.71. The topological polar surface area (TPSA) is 78.7 Å². The summed E-state index contributed by atoms with van der Waals surface area (Å²) in [7, 11) is 0. The summed E-state index contributed by atoms with van der Waals surface area (Å²) < 4.78 is 22.5. The lowest BCUT2D eigenvalue weighted by molar-refractivity contribution is -0.385. The zero-order chi connectivity index (χ0) is 12.8. The first-order chi connectivity index (χ1) is 8.04. The normalized spacial score (nSPS) is 9.76. The Morgan fingerprint density at radius 1 is 1.53 bits per heavy atom. The molecule has 1 rings (SSSR count). The molecule has 0 bridgehead atoms. The van der Waals surface area contributed by atoms with Gasteiger partial charge in [-0.3, -0.25) is 10.1 Å². The van der Waals surface area contributed by atoms with E-state index in [-0.39, 0.29) is 18.0 Å². The summed E-state index contributed by atoms with van der Waals surface area (Å²) in [4.78, 5) is 20.7. The molecule has 0 atom stereocenters. The van der Waals surface area contributed by atoms with Gasteiger partial charge in [0.1, 0.15) is 0 Å². The summed E-state index contributed by atoms with van der Waals surface area (Å²) in [5.74, 6) is -1.80. The number of hydrogen-bond donors (Lipinski definition) is 0. The standard InChI is InChI=1S/C10H10FNO5/c1-2-16-10(13)6-17-9-5-7(12(14)15)3-4-8(9)11/h3-5H,2,6H2,1H3. The fourth-order valence-electron chi connectivity index (χ4n) is 1.06. The summed E-state index contributed by atoms with van der Waals surface area (Å²) in [6, 6.07) is 2.82. The van der Waals surface area contributed by atoms with Crippen molar-refractivity contribution in [2.45, 2.75) is 6.92 Å². The monoisotopic (exact) mass is 243 g/mol. The summed E-state index contributed by atoms with van der Waals surface area (Å²) in [5.41, 5.74) is -0.315. The van der Waals surface area contributed by atoms with Crippen molar-refractivity contribution in [3.8, 4) is 5.75 Å². The number of carbonyl (C=O) groups is 1. The van der Waals surface area contributed by atoms with Gasteiger partial charge in [0, 0.05) is 6.07 Å². The Kier molecular flexibility index (Phi) is 4.38. The maximum atomic E-state index is 13.2. The second-order valence-corrected chi connectivity index (χ2v) is 2.97. The molecule has 0 spiro atoms. The maximum Gasteiger partial charge on any atom is 0.344 e. The maximum absolute atomic E-state index is 13.2. The molecule has 0 N–H and O–H groups in total. The van der Waals surface area contributed by atoms with Crippen LogP contribution in [-0.2, 0) is 9.53 Å². The van der Waals surface area contributed by atoms with E-state index in [1.807, 2.05) is 0 Å². The molecule has 6 nitrogen and oxygen atoms in total. The molecule has 0 unspecified atom stereocenters. The molecule has 1 aromatic carbocycles. The average molecular weight is 243 g/mol. The van der Waals surface area contributed by atoms with E-state index in [0.717, 1.165) is 18.2 Å². The number of esters is 1. The van der Waals surface area contributed by atoms with Crippen LogP contribution in [0.15, 0.2) is 18.2 Å². The fraction of sp³-hybridized carbons (Fsp3) is 0.300. The van der Waals surface area contributed by atoms with Gasteiger partial charge < -0.3 is 9.47 Å². The van der Waals surface area contributed by atoms with E-state index >= 15 is 0 Å². The van der Waals surface area contributed by atoms with Crippen LogP contribution in [0.2, 0.25) is 0 Å². The van der Waals surface area contributed by atoms with E-state index in [9.17, 15) is 19.3 Å². The molecule has 0 aromatic heterocycles. The number of nitrogens with zero attached hydrogens (tertiary/aromatic N) is 1. The minimum atomic E-state index is -0.778. The number of non-ortho nitro benzene ring substituents is 1. The second-order valence-electron chi connectivity index (χ2n) is 2.97. The van der Waals surface area contributed by atoms with Gasteiger partial charge in [0.05, 0.1) is 17.6 Å². The number of hydrogen-bond acceptors (Lipinski definition) is 5. The van der Waals surface area contributed by atoms with E-state index in [0.29, 0.717) is 0 Å². The van der Waals surface area contributed by atoms with Crippen molar-refractivity contribution in [2.24, 2.45) is 0 Å². The first-order valence-electron chi connectivity index (χ1n) is 4.77. The van der Waals surface area contributed by atoms with Gasteiger partial charge in [-0.25, -0.2) is 9.18 Å². The SMILES string of the molecule is CCOC(=O)COc1cc([N+](=O)[O-])ccc1F. The third-order valence-electron chi connectivity index (χ3n) is 1.78. The van der Waals surface area contributed by atoms with Crippen molar-refractivity contribution in [1.29, 1.82) is 0 Å². The summed E-state index contributed by atoms with van der Waals surface area (Å²) in [5, 5.41) is 10.4. The number of benzene rings is 1. The van der Waals surface area contributed by atoms with E-state index in [1.165, 1.54) is 0 Å². The predicted octanol–water partition coefficient (Wildman–Crippen LogP) is 1.68. The Balaban J connectivity index is 2.73. The summed E-state index contributed by atoms with van der Waals surface area (Å²) in [6.07, 6.45) is 0. The Bertz CT molecular complexity index is 435. The molecule has 17 heavy (non-hydrogen) atoms. The highest BCUT2D eigenvalue weighted by Gasteiger charge is 2.13. The van der Waals surface area contributed by atoms with Crippen molar-refractivity contribution in [2.75, 3.05) is 13.2 Å². The zero-order valence-electron chi connectivity index (χ0n) is 9.01. The minimum Gasteiger partial charge on any atom is -0.479 e. The van der Waals surface area contributed by atoms with Crippen LogP contribution in [0.1, 0.15) is 6.92 Å². The first-order valence-corrected chi connectivity index (χ1v) is 4.77. The number of nitro benzene ring substituents is 1. The molecule has 92 valence electrons. The third-order valence-corrected chi connectivity index (χ3v) is 1.78. The second kappa shape index (κ2) is 5.78. The number of carbonyl (C=O) groups excluding carboxylic acids is 1. The lowest BCUT2D eigenvalue weighted by Gasteiger charge is -2.06. The Hall–Kier alpha value is -2.18. The Labute approximate surface area is 96.1 Å². The van der Waals surface area contributed by atoms with Gasteiger partial charge in [0.2, 0.25) is 0 Å². The van der Waals surface area contributed by atoms with Gasteiger partial charge in [0.15, 0.2) is 18.2 Å². The van der Waals surface area contributed by atoms with Crippen molar-refractivity contribution in [1.82, 2.24) is 0 Å². The van der Waals surface area contributed by atoms with Crippen molar-refractivity contribution < 1.29 is 23.6 Å². The summed E-state index contributed by atoms with van der Waals surface area (Å²) >= 11 is 0. The largest absolute Gasteiger partial charge is 0.479 e. The molecule has 0 amide bonds. The van der Waals surface area contributed by atoms with Gasteiger partial charge in [-0.1, -0.05) is 0 Å². The molecule has 0 aliphatic heterocycles. The molecule has 0 aliphatic carbocycles. The van der Waals surface area contributed by atoms with E-state index in [4.69, 9.17) is 4.74 Å². The van der Waals surface area contributed by atoms with Gasteiger partial charge in [-0.05, 0) is 13.0 Å². The molecule has 0 radical (unpaired) electrons. The van der Waals surface area contributed by atoms with Crippen LogP contribution >= 0.6 is 0 Å². The average Bonchev–Trinajstić information content (AvgIpc) is 2.28. The molecule has 0 aliphatic rings. The molecule has 1 aromatic rings. The Morgan fingerprint density at radius 2 is 2.24 bits per heavy atom. The van der Waals surface area contributed by atoms with Crippen LogP contribution < -0.4 is 4.74 Å². The molecule has 7 heteroatoms. The van der Waals surface area contributed by atoms with E-state index in [1.54, 1.807) is 6.92 Å². The number of ether oxygens (including phenoxy) is 2. The molecule has 0 heterocycles. The van der Waals surface area contributed by atoms with E-state index < -0.39 is 23.3 Å². The van der Waals surface area contributed by atoms with Crippen molar-refractivity contribution in [3.63, 3.8) is 0 Å². The molecular formula is C10H10FNO5. The van der Waals surface area contributed by atoms with Gasteiger partial charge in [0.25, 0.3) is 5.69 Å². The molecule has 0 saturated heterocycles. The van der Waals surface area contributed by atoms with E-state index in [2.05, 4.69) is 4.74 Å². The van der Waals surface area contributed by atoms with Crippen LogP contribution in [0.5, 0.6) is 5.75 Å². The minimum absolute atomic E-state index is 0.180. The van der Waals surface area contributed by atoms with Crippen LogP contribution in [-0.4, -0.2) is 24.1 Å². The number of halogens is 1. The van der Waals surface area contributed by atoms with Gasteiger partial charge in [-0.2, -0.15) is 0 Å². The lowest BCUT2D eigenvalue weighted by atomic mass is 10.3. The van der Waals surface area contributed by atoms with Crippen LogP contribution in [0.25, 0.3) is 0 Å². The highest BCUT2D eigenvalue weighted by Crippen LogP contribution is 2.23. The number of rotatable bonds is 5. The van der Waals surface area contributed by atoms with Gasteiger partial charge in [-0.15, -0.1) is 0 Å². The zero-order valence-corrected chi connectivity index (χ0v) is 9.01. The molecule has 0 saturated carbocycles. The number of nitro groups is 1. The Morgan fingerprint density at radius 3 is 2.82 bits per heavy atom. The summed E-state index contributed by atoms with van der Waals surface area (Å²) in [6.45, 7) is 1.30. The van der Waals surface area contributed by atoms with Crippen LogP contribution in [0.4, 0.5) is 10.1 Å². The highest BCUT2D eigenvalue weighted by atomic mass is 19.1. The predicted molar refractivity (Wildman–Crippen MR) is 55.2 cm³/mol. The van der Waals surface area contributed by atoms with Crippen molar-refractivity contribution in [3.05, 3.63) is 34.1 Å². The fourth-order valence-corrected chi connectivity index (χ4v) is 1.06. The molecular weight excluding hydrogens is 233 g/mol.